The summed E-state index contributed by atoms with van der Waals surface area (Å²) in [6.07, 6.45) is 6.33. The van der Waals surface area contributed by atoms with Crippen LogP contribution in [0.5, 0.6) is 0 Å². The highest BCUT2D eigenvalue weighted by molar-refractivity contribution is 6.33. The molecule has 1 aromatic rings. The van der Waals surface area contributed by atoms with Gasteiger partial charge in [0.1, 0.15) is 6.61 Å². The summed E-state index contributed by atoms with van der Waals surface area (Å²) < 4.78 is 6.78. The van der Waals surface area contributed by atoms with E-state index in [1.54, 1.807) is 12.1 Å². The Bertz CT molecular complexity index is 544. The molecule has 0 aliphatic carbocycles. The van der Waals surface area contributed by atoms with Crippen LogP contribution < -0.4 is 0 Å². The molecule has 0 amide bonds. The summed E-state index contributed by atoms with van der Waals surface area (Å²) in [4.78, 5) is 12.2. The van der Waals surface area contributed by atoms with Gasteiger partial charge in [0.2, 0.25) is 0 Å². The molecule has 4 heteroatoms. The van der Waals surface area contributed by atoms with Gasteiger partial charge in [0, 0.05) is 12.3 Å². The van der Waals surface area contributed by atoms with Gasteiger partial charge >= 0.3 is 5.97 Å². The molecule has 0 bridgehead atoms. The fourth-order valence-corrected chi connectivity index (χ4v) is 4.53. The molecule has 2 aliphatic rings. The quantitative estimate of drug-likeness (QED) is 0.623. The highest BCUT2D eigenvalue weighted by atomic mass is 35.5. The van der Waals surface area contributed by atoms with Gasteiger partial charge < -0.3 is 9.22 Å². The van der Waals surface area contributed by atoms with E-state index in [0.717, 1.165) is 0 Å². The van der Waals surface area contributed by atoms with Crippen molar-refractivity contribution in [2.24, 2.45) is 5.92 Å². The molecule has 2 heterocycles. The van der Waals surface area contributed by atoms with E-state index in [0.29, 0.717) is 29.2 Å². The molecule has 1 aromatic carbocycles. The second-order valence-electron chi connectivity index (χ2n) is 6.97. The SMILES string of the molecule is C[N+]12CCCC[C@@H]1[C@H](COC(=O)c1ccccc1Cl)CCC2. The average Bonchev–Trinajstić information content (AvgIpc) is 2.52. The van der Waals surface area contributed by atoms with Crippen LogP contribution in [0.25, 0.3) is 0 Å². The minimum absolute atomic E-state index is 0.291. The van der Waals surface area contributed by atoms with Crippen LogP contribution in [0.1, 0.15) is 42.5 Å². The molecule has 1 unspecified atom stereocenters. The summed E-state index contributed by atoms with van der Waals surface area (Å²) in [7, 11) is 2.38. The van der Waals surface area contributed by atoms with Crippen molar-refractivity contribution in [3.8, 4) is 0 Å². The summed E-state index contributed by atoms with van der Waals surface area (Å²) >= 11 is 6.07. The topological polar surface area (TPSA) is 26.3 Å². The fourth-order valence-electron chi connectivity index (χ4n) is 4.31. The standard InChI is InChI=1S/C18H25ClNO2/c1-20-11-5-4-10-17(20)14(7-6-12-20)13-22-18(21)15-8-2-3-9-16(15)19/h2-3,8-9,14,17H,4-7,10-13H2,1H3/q+1/t14-,17+,20?/m0/s1. The molecule has 0 radical (unpaired) electrons. The molecule has 3 atom stereocenters. The number of carbonyl (C=O) groups is 1. The van der Waals surface area contributed by atoms with Crippen molar-refractivity contribution in [3.05, 3.63) is 34.9 Å². The van der Waals surface area contributed by atoms with Gasteiger partial charge in [0.25, 0.3) is 0 Å². The lowest BCUT2D eigenvalue weighted by molar-refractivity contribution is -0.947. The lowest BCUT2D eigenvalue weighted by Gasteiger charge is -2.51. The number of ether oxygens (including phenoxy) is 1. The van der Waals surface area contributed by atoms with Crippen LogP contribution in [0.3, 0.4) is 0 Å². The maximum atomic E-state index is 12.2. The lowest BCUT2D eigenvalue weighted by Crippen LogP contribution is -2.61. The van der Waals surface area contributed by atoms with Crippen molar-refractivity contribution in [2.75, 3.05) is 26.7 Å². The number of halogens is 1. The zero-order chi connectivity index (χ0) is 15.6. The third-order valence-corrected chi connectivity index (χ3v) is 5.86. The Balaban J connectivity index is 1.63. The van der Waals surface area contributed by atoms with Crippen molar-refractivity contribution in [3.63, 3.8) is 0 Å². The number of rotatable bonds is 3. The van der Waals surface area contributed by atoms with E-state index < -0.39 is 0 Å². The zero-order valence-corrected chi connectivity index (χ0v) is 14.0. The number of hydrogen-bond donors (Lipinski definition) is 0. The zero-order valence-electron chi connectivity index (χ0n) is 13.3. The molecule has 120 valence electrons. The molecule has 2 fully saturated rings. The van der Waals surface area contributed by atoms with E-state index in [9.17, 15) is 4.79 Å². The maximum Gasteiger partial charge on any atom is 0.339 e. The number of esters is 1. The smallest absolute Gasteiger partial charge is 0.339 e. The summed E-state index contributed by atoms with van der Waals surface area (Å²) in [5.41, 5.74) is 0.473. The van der Waals surface area contributed by atoms with Crippen molar-refractivity contribution < 1.29 is 14.0 Å². The Labute approximate surface area is 137 Å². The number of nitrogens with zero attached hydrogens (tertiary/aromatic N) is 1. The molecule has 3 nitrogen and oxygen atoms in total. The summed E-state index contributed by atoms with van der Waals surface area (Å²) in [6, 6.07) is 7.75. The third-order valence-electron chi connectivity index (χ3n) is 5.53. The molecule has 0 N–H and O–H groups in total. The average molecular weight is 323 g/mol. The third kappa shape index (κ3) is 3.16. The van der Waals surface area contributed by atoms with E-state index in [-0.39, 0.29) is 5.97 Å². The lowest BCUT2D eigenvalue weighted by atomic mass is 9.82. The van der Waals surface area contributed by atoms with Crippen LogP contribution in [0, 0.1) is 5.92 Å². The van der Waals surface area contributed by atoms with Gasteiger partial charge in [-0.3, -0.25) is 0 Å². The van der Waals surface area contributed by atoms with Crippen LogP contribution in [-0.2, 0) is 4.74 Å². The van der Waals surface area contributed by atoms with Gasteiger partial charge in [-0.25, -0.2) is 4.79 Å². The maximum absolute atomic E-state index is 12.2. The Morgan fingerprint density at radius 2 is 2.00 bits per heavy atom. The number of piperidine rings is 2. The predicted octanol–water partition coefficient (Wildman–Crippen LogP) is 3.91. The number of carbonyl (C=O) groups excluding carboxylic acids is 1. The first-order valence-corrected chi connectivity index (χ1v) is 8.74. The van der Waals surface area contributed by atoms with Gasteiger partial charge in [-0.1, -0.05) is 23.7 Å². The van der Waals surface area contributed by atoms with E-state index in [1.807, 2.05) is 12.1 Å². The molecular formula is C18H25ClNO2+. The normalized spacial score (nSPS) is 31.4. The van der Waals surface area contributed by atoms with Gasteiger partial charge in [-0.05, 0) is 37.8 Å². The number of quaternary nitrogens is 1. The highest BCUT2D eigenvalue weighted by Crippen LogP contribution is 2.36. The van der Waals surface area contributed by atoms with E-state index in [2.05, 4.69) is 7.05 Å². The van der Waals surface area contributed by atoms with Crippen molar-refractivity contribution in [1.82, 2.24) is 0 Å². The van der Waals surface area contributed by atoms with E-state index in [1.165, 1.54) is 49.7 Å². The minimum atomic E-state index is -0.291. The second kappa shape index (κ2) is 6.59. The first-order valence-electron chi connectivity index (χ1n) is 8.36. The van der Waals surface area contributed by atoms with Crippen LogP contribution in [0.4, 0.5) is 0 Å². The molecular weight excluding hydrogens is 298 g/mol. The molecule has 3 rings (SSSR count). The first-order chi connectivity index (χ1) is 10.6. The largest absolute Gasteiger partial charge is 0.462 e. The van der Waals surface area contributed by atoms with Crippen molar-refractivity contribution >= 4 is 17.6 Å². The summed E-state index contributed by atoms with van der Waals surface area (Å²) in [5, 5.41) is 0.467. The first kappa shape index (κ1) is 15.8. The Hall–Kier alpha value is -1.06. The molecule has 2 saturated heterocycles. The van der Waals surface area contributed by atoms with Gasteiger partial charge in [0.05, 0.1) is 36.8 Å². The Morgan fingerprint density at radius 1 is 1.23 bits per heavy atom. The van der Waals surface area contributed by atoms with Gasteiger partial charge in [0.15, 0.2) is 0 Å². The van der Waals surface area contributed by atoms with Crippen molar-refractivity contribution in [2.45, 2.75) is 38.1 Å². The molecule has 0 spiro atoms. The van der Waals surface area contributed by atoms with Crippen LogP contribution in [-0.4, -0.2) is 43.2 Å². The molecule has 0 saturated carbocycles. The predicted molar refractivity (Wildman–Crippen MR) is 88.0 cm³/mol. The van der Waals surface area contributed by atoms with Crippen molar-refractivity contribution in [1.29, 1.82) is 0 Å². The fraction of sp³-hybridized carbons (Fsp3) is 0.611. The van der Waals surface area contributed by atoms with Gasteiger partial charge in [-0.2, -0.15) is 0 Å². The van der Waals surface area contributed by atoms with Crippen LogP contribution in [0.2, 0.25) is 5.02 Å². The highest BCUT2D eigenvalue weighted by Gasteiger charge is 2.43. The van der Waals surface area contributed by atoms with Crippen LogP contribution >= 0.6 is 11.6 Å². The molecule has 22 heavy (non-hydrogen) atoms. The van der Waals surface area contributed by atoms with Crippen LogP contribution in [0.15, 0.2) is 24.3 Å². The second-order valence-corrected chi connectivity index (χ2v) is 7.38. The van der Waals surface area contributed by atoms with E-state index in [4.69, 9.17) is 16.3 Å². The number of fused-ring (bicyclic) bond motifs is 1. The molecule has 0 aromatic heterocycles. The number of hydrogen-bond acceptors (Lipinski definition) is 2. The van der Waals surface area contributed by atoms with Gasteiger partial charge in [-0.15, -0.1) is 0 Å². The Morgan fingerprint density at radius 3 is 2.82 bits per heavy atom. The monoisotopic (exact) mass is 322 g/mol. The molecule has 2 aliphatic heterocycles. The Kier molecular flexibility index (Phi) is 4.74. The number of benzene rings is 1. The minimum Gasteiger partial charge on any atom is -0.462 e. The summed E-state index contributed by atoms with van der Waals surface area (Å²) in [6.45, 7) is 3.09. The summed E-state index contributed by atoms with van der Waals surface area (Å²) in [5.74, 6) is 0.201. The van der Waals surface area contributed by atoms with E-state index >= 15 is 0 Å².